The van der Waals surface area contributed by atoms with E-state index in [1.54, 1.807) is 54.6 Å². The third-order valence-corrected chi connectivity index (χ3v) is 4.22. The standard InChI is InChI=1S/C20H21N3O2/c21-19(22)13-11-16(12-14-19)20(25,15-7-3-1-4-8-15)18(24)23-17-9-5-2-6-10-17/h1-13,25H,14,21-22H2,(H,23,24). The number of hydrogen-bond acceptors (Lipinski definition) is 4. The number of hydrogen-bond donors (Lipinski definition) is 4. The molecule has 5 heteroatoms. The molecule has 0 fully saturated rings. The Morgan fingerprint density at radius 3 is 2.20 bits per heavy atom. The van der Waals surface area contributed by atoms with Crippen LogP contribution in [0.5, 0.6) is 0 Å². The Kier molecular flexibility index (Phi) is 4.55. The molecule has 1 unspecified atom stereocenters. The smallest absolute Gasteiger partial charge is 0.265 e. The first-order valence-electron chi connectivity index (χ1n) is 8.04. The first kappa shape index (κ1) is 17.1. The van der Waals surface area contributed by atoms with Crippen LogP contribution in [-0.4, -0.2) is 16.7 Å². The topological polar surface area (TPSA) is 101 Å². The van der Waals surface area contributed by atoms with Crippen molar-refractivity contribution >= 4 is 11.6 Å². The van der Waals surface area contributed by atoms with Crippen LogP contribution in [0.1, 0.15) is 12.0 Å². The molecular formula is C20H21N3O2. The molecule has 2 aromatic carbocycles. The van der Waals surface area contributed by atoms with Crippen LogP contribution in [0.2, 0.25) is 0 Å². The van der Waals surface area contributed by atoms with Gasteiger partial charge in [-0.3, -0.25) is 4.79 Å². The van der Waals surface area contributed by atoms with E-state index in [2.05, 4.69) is 5.32 Å². The molecule has 0 bridgehead atoms. The predicted octanol–water partition coefficient (Wildman–Crippen LogP) is 2.01. The Morgan fingerprint density at radius 1 is 1.04 bits per heavy atom. The van der Waals surface area contributed by atoms with Gasteiger partial charge in [0.25, 0.3) is 5.91 Å². The van der Waals surface area contributed by atoms with Crippen molar-refractivity contribution in [1.82, 2.24) is 0 Å². The number of carbonyl (C=O) groups excluding carboxylic acids is 1. The lowest BCUT2D eigenvalue weighted by molar-refractivity contribution is -0.131. The van der Waals surface area contributed by atoms with Crippen LogP contribution in [-0.2, 0) is 10.4 Å². The zero-order valence-electron chi connectivity index (χ0n) is 13.7. The SMILES string of the molecule is NC1(N)C=CC(C(O)(C(=O)Nc2ccccc2)c2ccccc2)=CC1. The summed E-state index contributed by atoms with van der Waals surface area (Å²) in [5.41, 5.74) is 10.5. The monoisotopic (exact) mass is 335 g/mol. The lowest BCUT2D eigenvalue weighted by Crippen LogP contribution is -2.49. The van der Waals surface area contributed by atoms with Gasteiger partial charge >= 0.3 is 0 Å². The third-order valence-electron chi connectivity index (χ3n) is 4.22. The fourth-order valence-electron chi connectivity index (χ4n) is 2.79. The van der Waals surface area contributed by atoms with E-state index < -0.39 is 17.2 Å². The summed E-state index contributed by atoms with van der Waals surface area (Å²) < 4.78 is 0. The summed E-state index contributed by atoms with van der Waals surface area (Å²) in [4.78, 5) is 13.0. The van der Waals surface area contributed by atoms with Crippen LogP contribution in [0.3, 0.4) is 0 Å². The molecule has 128 valence electrons. The Hall–Kier alpha value is -2.73. The largest absolute Gasteiger partial charge is 0.372 e. The van der Waals surface area contributed by atoms with Gasteiger partial charge in [0.05, 0.1) is 5.66 Å². The molecule has 0 saturated carbocycles. The number of nitrogens with one attached hydrogen (secondary N) is 1. The summed E-state index contributed by atoms with van der Waals surface area (Å²) >= 11 is 0. The van der Waals surface area contributed by atoms with Gasteiger partial charge in [0.2, 0.25) is 0 Å². The number of rotatable bonds is 4. The van der Waals surface area contributed by atoms with Crippen molar-refractivity contribution in [2.24, 2.45) is 11.5 Å². The van der Waals surface area contributed by atoms with Crippen LogP contribution in [0.15, 0.2) is 84.5 Å². The number of benzene rings is 2. The molecule has 0 aliphatic heterocycles. The number of nitrogens with two attached hydrogens (primary N) is 2. The molecule has 0 saturated heterocycles. The Morgan fingerprint density at radius 2 is 1.64 bits per heavy atom. The quantitative estimate of drug-likeness (QED) is 0.642. The second-order valence-corrected chi connectivity index (χ2v) is 6.21. The van der Waals surface area contributed by atoms with Crippen molar-refractivity contribution in [2.45, 2.75) is 17.7 Å². The van der Waals surface area contributed by atoms with Crippen LogP contribution < -0.4 is 16.8 Å². The number of anilines is 1. The van der Waals surface area contributed by atoms with Gasteiger partial charge < -0.3 is 21.9 Å². The van der Waals surface area contributed by atoms with Crippen LogP contribution in [0.4, 0.5) is 5.69 Å². The summed E-state index contributed by atoms with van der Waals surface area (Å²) in [5.74, 6) is -0.539. The molecule has 0 aromatic heterocycles. The van der Waals surface area contributed by atoms with Gasteiger partial charge in [-0.15, -0.1) is 0 Å². The minimum Gasteiger partial charge on any atom is -0.372 e. The average Bonchev–Trinajstić information content (AvgIpc) is 2.62. The molecule has 1 aliphatic rings. The highest BCUT2D eigenvalue weighted by atomic mass is 16.3. The lowest BCUT2D eigenvalue weighted by Gasteiger charge is -2.32. The third kappa shape index (κ3) is 3.53. The van der Waals surface area contributed by atoms with Crippen LogP contribution in [0, 0.1) is 0 Å². The molecule has 3 rings (SSSR count). The maximum absolute atomic E-state index is 13.0. The van der Waals surface area contributed by atoms with Crippen molar-refractivity contribution in [3.8, 4) is 0 Å². The zero-order chi connectivity index (χ0) is 17.9. The molecule has 1 amide bonds. The maximum Gasteiger partial charge on any atom is 0.265 e. The number of carbonyl (C=O) groups is 1. The average molecular weight is 335 g/mol. The first-order chi connectivity index (χ1) is 11.9. The molecule has 2 aromatic rings. The molecule has 1 aliphatic carbocycles. The van der Waals surface area contributed by atoms with Crippen molar-refractivity contribution in [3.05, 3.63) is 90.0 Å². The molecular weight excluding hydrogens is 314 g/mol. The van der Waals surface area contributed by atoms with Crippen molar-refractivity contribution in [1.29, 1.82) is 0 Å². The van der Waals surface area contributed by atoms with Crippen molar-refractivity contribution < 1.29 is 9.90 Å². The van der Waals surface area contributed by atoms with Crippen molar-refractivity contribution in [2.75, 3.05) is 5.32 Å². The van der Waals surface area contributed by atoms with E-state index in [9.17, 15) is 9.90 Å². The van der Waals surface area contributed by atoms with Gasteiger partial charge in [-0.2, -0.15) is 0 Å². The number of para-hydroxylation sites is 1. The van der Waals surface area contributed by atoms with E-state index in [4.69, 9.17) is 11.5 Å². The van der Waals surface area contributed by atoms with Gasteiger partial charge in [0.1, 0.15) is 0 Å². The minimum absolute atomic E-state index is 0.326. The highest BCUT2D eigenvalue weighted by molar-refractivity contribution is 6.00. The highest BCUT2D eigenvalue weighted by Crippen LogP contribution is 2.34. The second kappa shape index (κ2) is 6.64. The summed E-state index contributed by atoms with van der Waals surface area (Å²) in [5, 5.41) is 14.2. The summed E-state index contributed by atoms with van der Waals surface area (Å²) in [6, 6.07) is 17.8. The van der Waals surface area contributed by atoms with E-state index in [-0.39, 0.29) is 0 Å². The van der Waals surface area contributed by atoms with Gasteiger partial charge in [0.15, 0.2) is 5.60 Å². The zero-order valence-corrected chi connectivity index (χ0v) is 13.7. The van der Waals surface area contributed by atoms with E-state index in [0.29, 0.717) is 23.2 Å². The molecule has 0 spiro atoms. The van der Waals surface area contributed by atoms with Gasteiger partial charge in [-0.1, -0.05) is 60.7 Å². The Bertz CT molecular complexity index is 813. The molecule has 1 atom stereocenters. The normalized spacial score (nSPS) is 18.1. The van der Waals surface area contributed by atoms with E-state index in [1.165, 1.54) is 0 Å². The fourth-order valence-corrected chi connectivity index (χ4v) is 2.79. The Labute approximate surface area is 146 Å². The van der Waals surface area contributed by atoms with E-state index in [0.717, 1.165) is 0 Å². The predicted molar refractivity (Wildman–Crippen MR) is 98.4 cm³/mol. The molecule has 6 N–H and O–H groups in total. The Balaban J connectivity index is 2.00. The molecule has 25 heavy (non-hydrogen) atoms. The minimum atomic E-state index is -1.84. The summed E-state index contributed by atoms with van der Waals surface area (Å²) in [7, 11) is 0. The van der Waals surface area contributed by atoms with E-state index >= 15 is 0 Å². The van der Waals surface area contributed by atoms with Crippen LogP contribution in [0.25, 0.3) is 0 Å². The lowest BCUT2D eigenvalue weighted by atomic mass is 9.81. The number of amides is 1. The number of aliphatic hydroxyl groups is 1. The summed E-state index contributed by atoms with van der Waals surface area (Å²) in [6.07, 6.45) is 5.25. The molecule has 0 radical (unpaired) electrons. The van der Waals surface area contributed by atoms with Gasteiger partial charge in [-0.05, 0) is 29.3 Å². The fraction of sp³-hybridized carbons (Fsp3) is 0.150. The molecule has 5 nitrogen and oxygen atoms in total. The molecule has 0 heterocycles. The second-order valence-electron chi connectivity index (χ2n) is 6.21. The van der Waals surface area contributed by atoms with E-state index in [1.807, 2.05) is 24.3 Å². The van der Waals surface area contributed by atoms with Gasteiger partial charge in [-0.25, -0.2) is 0 Å². The van der Waals surface area contributed by atoms with Crippen molar-refractivity contribution in [3.63, 3.8) is 0 Å². The summed E-state index contributed by atoms with van der Waals surface area (Å²) in [6.45, 7) is 0. The maximum atomic E-state index is 13.0. The highest BCUT2D eigenvalue weighted by Gasteiger charge is 2.42. The first-order valence-corrected chi connectivity index (χ1v) is 8.04. The van der Waals surface area contributed by atoms with Gasteiger partial charge in [0, 0.05) is 12.1 Å². The van der Waals surface area contributed by atoms with Crippen LogP contribution >= 0.6 is 0 Å².